The van der Waals surface area contributed by atoms with E-state index < -0.39 is 0 Å². The first kappa shape index (κ1) is 9.71. The predicted molar refractivity (Wildman–Crippen MR) is 57.1 cm³/mol. The first-order valence-corrected chi connectivity index (χ1v) is 5.45. The summed E-state index contributed by atoms with van der Waals surface area (Å²) in [6, 6.07) is 0.209. The van der Waals surface area contributed by atoms with Crippen LogP contribution in [0.4, 0.5) is 0 Å². The Labute approximate surface area is 85.3 Å². The second kappa shape index (κ2) is 3.73. The standard InChI is InChI=1S/C11H19N3/c1-8-3-4-14-10(5-8)7-13-11(14)6-9(2)12/h7-9H,3-6,12H2,1-2H3. The average Bonchev–Trinajstić information content (AvgIpc) is 2.47. The summed E-state index contributed by atoms with van der Waals surface area (Å²) in [5, 5.41) is 0. The summed E-state index contributed by atoms with van der Waals surface area (Å²) in [4.78, 5) is 4.46. The van der Waals surface area contributed by atoms with Crippen molar-refractivity contribution >= 4 is 0 Å². The summed E-state index contributed by atoms with van der Waals surface area (Å²) in [6.45, 7) is 5.47. The minimum absolute atomic E-state index is 0.209. The summed E-state index contributed by atoms with van der Waals surface area (Å²) in [6.07, 6.45) is 5.36. The van der Waals surface area contributed by atoms with Crippen molar-refractivity contribution in [2.24, 2.45) is 11.7 Å². The first-order valence-electron chi connectivity index (χ1n) is 5.45. The summed E-state index contributed by atoms with van der Waals surface area (Å²) in [5.74, 6) is 1.98. The molecule has 3 heteroatoms. The molecule has 0 saturated heterocycles. The molecule has 2 unspecified atom stereocenters. The van der Waals surface area contributed by atoms with Gasteiger partial charge in [0.25, 0.3) is 0 Å². The van der Waals surface area contributed by atoms with Gasteiger partial charge in [0, 0.05) is 30.9 Å². The molecule has 2 atom stereocenters. The lowest BCUT2D eigenvalue weighted by molar-refractivity contribution is 0.407. The Hall–Kier alpha value is -0.830. The monoisotopic (exact) mass is 193 g/mol. The van der Waals surface area contributed by atoms with E-state index in [2.05, 4.69) is 16.5 Å². The number of aromatic nitrogens is 2. The molecule has 3 nitrogen and oxygen atoms in total. The Balaban J connectivity index is 2.20. The van der Waals surface area contributed by atoms with E-state index in [1.807, 2.05) is 13.1 Å². The van der Waals surface area contributed by atoms with Gasteiger partial charge in [0.2, 0.25) is 0 Å². The van der Waals surface area contributed by atoms with Crippen LogP contribution in [0.25, 0.3) is 0 Å². The third-order valence-electron chi connectivity index (χ3n) is 2.93. The molecular weight excluding hydrogens is 174 g/mol. The Morgan fingerprint density at radius 3 is 3.21 bits per heavy atom. The van der Waals surface area contributed by atoms with Crippen molar-refractivity contribution in [3.63, 3.8) is 0 Å². The fourth-order valence-electron chi connectivity index (χ4n) is 2.15. The fraction of sp³-hybridized carbons (Fsp3) is 0.727. The Bertz CT molecular complexity index is 314. The normalized spacial score (nSPS) is 23.2. The Morgan fingerprint density at radius 2 is 2.50 bits per heavy atom. The second-order valence-corrected chi connectivity index (χ2v) is 4.60. The summed E-state index contributed by atoms with van der Waals surface area (Å²) < 4.78 is 2.35. The molecule has 0 saturated carbocycles. The molecule has 0 bridgehead atoms. The quantitative estimate of drug-likeness (QED) is 0.770. The van der Waals surface area contributed by atoms with Gasteiger partial charge in [-0.15, -0.1) is 0 Å². The van der Waals surface area contributed by atoms with Crippen molar-refractivity contribution < 1.29 is 0 Å². The second-order valence-electron chi connectivity index (χ2n) is 4.60. The zero-order valence-electron chi connectivity index (χ0n) is 9.03. The molecule has 0 aliphatic carbocycles. The van der Waals surface area contributed by atoms with Crippen LogP contribution >= 0.6 is 0 Å². The lowest BCUT2D eigenvalue weighted by atomic mass is 9.98. The van der Waals surface area contributed by atoms with E-state index in [1.165, 1.54) is 24.4 Å². The van der Waals surface area contributed by atoms with Gasteiger partial charge < -0.3 is 10.3 Å². The maximum atomic E-state index is 5.79. The number of nitrogens with zero attached hydrogens (tertiary/aromatic N) is 2. The molecule has 0 fully saturated rings. The topological polar surface area (TPSA) is 43.8 Å². The number of hydrogen-bond donors (Lipinski definition) is 1. The highest BCUT2D eigenvalue weighted by Crippen LogP contribution is 2.21. The van der Waals surface area contributed by atoms with Crippen LogP contribution in [0, 0.1) is 5.92 Å². The highest BCUT2D eigenvalue weighted by Gasteiger charge is 2.18. The number of nitrogens with two attached hydrogens (primary N) is 1. The summed E-state index contributed by atoms with van der Waals surface area (Å²) >= 11 is 0. The fourth-order valence-corrected chi connectivity index (χ4v) is 2.15. The maximum absolute atomic E-state index is 5.79. The molecule has 2 heterocycles. The molecule has 78 valence electrons. The van der Waals surface area contributed by atoms with Crippen LogP contribution in [0.1, 0.15) is 31.8 Å². The SMILES string of the molecule is CC(N)Cc1ncc2n1CCC(C)C2. The maximum Gasteiger partial charge on any atom is 0.110 e. The van der Waals surface area contributed by atoms with Gasteiger partial charge in [-0.2, -0.15) is 0 Å². The third-order valence-corrected chi connectivity index (χ3v) is 2.93. The van der Waals surface area contributed by atoms with Crippen LogP contribution in [0.2, 0.25) is 0 Å². The molecule has 0 spiro atoms. The highest BCUT2D eigenvalue weighted by atomic mass is 15.1. The van der Waals surface area contributed by atoms with Gasteiger partial charge in [-0.3, -0.25) is 0 Å². The van der Waals surface area contributed by atoms with Crippen molar-refractivity contribution in [2.75, 3.05) is 0 Å². The van der Waals surface area contributed by atoms with E-state index in [-0.39, 0.29) is 6.04 Å². The molecule has 14 heavy (non-hydrogen) atoms. The Kier molecular flexibility index (Phi) is 2.59. The molecule has 0 aromatic carbocycles. The van der Waals surface area contributed by atoms with Crippen LogP contribution in [-0.4, -0.2) is 15.6 Å². The van der Waals surface area contributed by atoms with Gasteiger partial charge in [-0.1, -0.05) is 6.92 Å². The van der Waals surface area contributed by atoms with Crippen LogP contribution < -0.4 is 5.73 Å². The average molecular weight is 193 g/mol. The van der Waals surface area contributed by atoms with Gasteiger partial charge in [-0.25, -0.2) is 4.98 Å². The van der Waals surface area contributed by atoms with Crippen molar-refractivity contribution in [3.8, 4) is 0 Å². The highest BCUT2D eigenvalue weighted by molar-refractivity contribution is 5.09. The van der Waals surface area contributed by atoms with E-state index in [0.717, 1.165) is 18.9 Å². The molecule has 1 aliphatic heterocycles. The molecule has 1 aromatic rings. The van der Waals surface area contributed by atoms with Crippen molar-refractivity contribution in [2.45, 2.75) is 45.7 Å². The van der Waals surface area contributed by atoms with Crippen LogP contribution in [0.15, 0.2) is 6.20 Å². The first-order chi connectivity index (χ1) is 6.66. The van der Waals surface area contributed by atoms with Gasteiger partial charge in [0.05, 0.1) is 0 Å². The number of hydrogen-bond acceptors (Lipinski definition) is 2. The van der Waals surface area contributed by atoms with Gasteiger partial charge >= 0.3 is 0 Å². The number of imidazole rings is 1. The van der Waals surface area contributed by atoms with E-state index >= 15 is 0 Å². The minimum atomic E-state index is 0.209. The number of rotatable bonds is 2. The van der Waals surface area contributed by atoms with E-state index in [4.69, 9.17) is 5.73 Å². The summed E-state index contributed by atoms with van der Waals surface area (Å²) in [7, 11) is 0. The van der Waals surface area contributed by atoms with Gasteiger partial charge in [-0.05, 0) is 25.7 Å². The number of fused-ring (bicyclic) bond motifs is 1. The molecule has 2 N–H and O–H groups in total. The van der Waals surface area contributed by atoms with Gasteiger partial charge in [0.15, 0.2) is 0 Å². The van der Waals surface area contributed by atoms with E-state index in [0.29, 0.717) is 0 Å². The van der Waals surface area contributed by atoms with Crippen LogP contribution in [0.3, 0.4) is 0 Å². The third kappa shape index (κ3) is 1.82. The van der Waals surface area contributed by atoms with Crippen LogP contribution in [0.5, 0.6) is 0 Å². The van der Waals surface area contributed by atoms with Crippen molar-refractivity contribution in [1.29, 1.82) is 0 Å². The molecule has 0 amide bonds. The minimum Gasteiger partial charge on any atom is -0.332 e. The van der Waals surface area contributed by atoms with Gasteiger partial charge in [0.1, 0.15) is 5.82 Å². The predicted octanol–water partition coefficient (Wildman–Crippen LogP) is 1.36. The van der Waals surface area contributed by atoms with Crippen LogP contribution in [-0.2, 0) is 19.4 Å². The molecule has 2 rings (SSSR count). The van der Waals surface area contributed by atoms with Crippen molar-refractivity contribution in [1.82, 2.24) is 9.55 Å². The summed E-state index contributed by atoms with van der Waals surface area (Å²) in [5.41, 5.74) is 7.18. The zero-order chi connectivity index (χ0) is 10.1. The van der Waals surface area contributed by atoms with E-state index in [1.54, 1.807) is 0 Å². The lowest BCUT2D eigenvalue weighted by Crippen LogP contribution is -2.23. The molecule has 1 aliphatic rings. The Morgan fingerprint density at radius 1 is 1.71 bits per heavy atom. The lowest BCUT2D eigenvalue weighted by Gasteiger charge is -2.22. The molecule has 0 radical (unpaired) electrons. The van der Waals surface area contributed by atoms with Crippen molar-refractivity contribution in [3.05, 3.63) is 17.7 Å². The molecule has 1 aromatic heterocycles. The zero-order valence-corrected chi connectivity index (χ0v) is 9.03. The van der Waals surface area contributed by atoms with E-state index in [9.17, 15) is 0 Å². The molecular formula is C11H19N3. The smallest absolute Gasteiger partial charge is 0.110 e. The largest absolute Gasteiger partial charge is 0.332 e.